The smallest absolute Gasteiger partial charge is 0.338 e. The van der Waals surface area contributed by atoms with E-state index < -0.39 is 6.04 Å². The fraction of sp³-hybridized carbons (Fsp3) is 0.433. The van der Waals surface area contributed by atoms with Crippen LogP contribution in [0, 0.1) is 0 Å². The predicted molar refractivity (Wildman–Crippen MR) is 150 cm³/mol. The van der Waals surface area contributed by atoms with Crippen LogP contribution in [0.5, 0.6) is 5.75 Å². The van der Waals surface area contributed by atoms with Crippen molar-refractivity contribution in [3.05, 3.63) is 77.0 Å². The van der Waals surface area contributed by atoms with Crippen LogP contribution in [0.2, 0.25) is 0 Å². The van der Waals surface area contributed by atoms with Crippen LogP contribution in [0.25, 0.3) is 0 Å². The Morgan fingerprint density at radius 2 is 1.84 bits per heavy atom. The zero-order valence-corrected chi connectivity index (χ0v) is 23.0. The van der Waals surface area contributed by atoms with Crippen LogP contribution >= 0.6 is 11.8 Å². The molecule has 1 aliphatic heterocycles. The molecule has 1 saturated carbocycles. The monoisotopic (exact) mass is 532 g/mol. The van der Waals surface area contributed by atoms with E-state index in [0.717, 1.165) is 61.3 Å². The fourth-order valence-corrected chi connectivity index (χ4v) is 5.75. The third-order valence-corrected chi connectivity index (χ3v) is 7.96. The summed E-state index contributed by atoms with van der Waals surface area (Å²) >= 11 is 1.58. The van der Waals surface area contributed by atoms with Gasteiger partial charge in [-0.2, -0.15) is 4.98 Å². The molecular weight excluding hydrogens is 496 g/mol. The molecule has 3 aromatic rings. The maximum Gasteiger partial charge on any atom is 0.338 e. The number of aromatic nitrogens is 3. The first kappa shape index (κ1) is 26.4. The molecule has 0 spiro atoms. The van der Waals surface area contributed by atoms with Crippen LogP contribution in [0.1, 0.15) is 76.0 Å². The molecule has 1 fully saturated rings. The number of anilines is 1. The van der Waals surface area contributed by atoms with E-state index in [9.17, 15) is 4.79 Å². The summed E-state index contributed by atoms with van der Waals surface area (Å²) in [5, 5.41) is 8.84. The van der Waals surface area contributed by atoms with Gasteiger partial charge in [0.05, 0.1) is 12.2 Å². The third-order valence-electron chi connectivity index (χ3n) is 7.05. The van der Waals surface area contributed by atoms with E-state index in [-0.39, 0.29) is 12.1 Å². The standard InChI is InChI=1S/C30H36N4O3S/c1-3-4-19-36-24-17-15-23(16-18-24)27-26(28(35)37-25-13-9-6-10-14-25)21(2)31-29-32-30(33-34(27)29)38-20-22-11-7-5-8-12-22/h5,7-8,11-12,15-18,25,27H,3-4,6,9-10,13-14,19-20H2,1-2H3,(H,31,32,33). The third kappa shape index (κ3) is 6.23. The van der Waals surface area contributed by atoms with E-state index in [4.69, 9.17) is 19.6 Å². The molecule has 1 atom stereocenters. The predicted octanol–water partition coefficient (Wildman–Crippen LogP) is 6.91. The topological polar surface area (TPSA) is 78.3 Å². The number of nitrogens with one attached hydrogen (secondary N) is 1. The van der Waals surface area contributed by atoms with E-state index in [1.165, 1.54) is 12.0 Å². The zero-order valence-electron chi connectivity index (χ0n) is 22.2. The molecule has 7 nitrogen and oxygen atoms in total. The highest BCUT2D eigenvalue weighted by atomic mass is 32.2. The van der Waals surface area contributed by atoms with Crippen LogP contribution in [0.3, 0.4) is 0 Å². The second kappa shape index (κ2) is 12.5. The highest BCUT2D eigenvalue weighted by molar-refractivity contribution is 7.98. The molecule has 0 radical (unpaired) electrons. The molecular formula is C30H36N4O3S. The molecule has 38 heavy (non-hydrogen) atoms. The van der Waals surface area contributed by atoms with Gasteiger partial charge in [-0.25, -0.2) is 9.48 Å². The number of benzene rings is 2. The van der Waals surface area contributed by atoms with Gasteiger partial charge in [-0.05, 0) is 62.3 Å². The van der Waals surface area contributed by atoms with Crippen molar-refractivity contribution in [2.75, 3.05) is 11.9 Å². The van der Waals surface area contributed by atoms with Gasteiger partial charge in [-0.15, -0.1) is 5.10 Å². The Bertz CT molecular complexity index is 1250. The van der Waals surface area contributed by atoms with Gasteiger partial charge in [0.25, 0.3) is 0 Å². The minimum Gasteiger partial charge on any atom is -0.494 e. The second-order valence-corrected chi connectivity index (χ2v) is 10.9. The van der Waals surface area contributed by atoms with Gasteiger partial charge in [0.1, 0.15) is 17.9 Å². The van der Waals surface area contributed by atoms with Crippen molar-refractivity contribution in [2.24, 2.45) is 0 Å². The van der Waals surface area contributed by atoms with E-state index >= 15 is 0 Å². The molecule has 1 aromatic heterocycles. The van der Waals surface area contributed by atoms with Gasteiger partial charge < -0.3 is 14.8 Å². The average molecular weight is 533 g/mol. The van der Waals surface area contributed by atoms with Crippen molar-refractivity contribution in [1.82, 2.24) is 14.8 Å². The minimum absolute atomic E-state index is 0.0272. The summed E-state index contributed by atoms with van der Waals surface area (Å²) in [6.45, 7) is 4.76. The van der Waals surface area contributed by atoms with Gasteiger partial charge in [0.15, 0.2) is 0 Å². The van der Waals surface area contributed by atoms with Crippen molar-refractivity contribution < 1.29 is 14.3 Å². The average Bonchev–Trinajstić information content (AvgIpc) is 3.35. The molecule has 200 valence electrons. The summed E-state index contributed by atoms with van der Waals surface area (Å²) in [5.41, 5.74) is 3.47. The van der Waals surface area contributed by atoms with E-state index in [1.807, 2.05) is 54.1 Å². The van der Waals surface area contributed by atoms with Crippen LogP contribution in [-0.2, 0) is 15.3 Å². The van der Waals surface area contributed by atoms with Crippen molar-refractivity contribution in [3.8, 4) is 5.75 Å². The zero-order chi connectivity index (χ0) is 26.3. The first-order valence-corrected chi connectivity index (χ1v) is 14.7. The Morgan fingerprint density at radius 1 is 1.08 bits per heavy atom. The van der Waals surface area contributed by atoms with Gasteiger partial charge in [-0.1, -0.05) is 74.0 Å². The van der Waals surface area contributed by atoms with Crippen LogP contribution in [-0.4, -0.2) is 33.4 Å². The van der Waals surface area contributed by atoms with E-state index in [0.29, 0.717) is 23.3 Å². The van der Waals surface area contributed by atoms with Gasteiger partial charge in [0.2, 0.25) is 11.1 Å². The number of fused-ring (bicyclic) bond motifs is 1. The lowest BCUT2D eigenvalue weighted by Gasteiger charge is -2.30. The lowest BCUT2D eigenvalue weighted by atomic mass is 9.95. The van der Waals surface area contributed by atoms with Crippen molar-refractivity contribution >= 4 is 23.7 Å². The Balaban J connectivity index is 1.43. The summed E-state index contributed by atoms with van der Waals surface area (Å²) < 4.78 is 13.7. The van der Waals surface area contributed by atoms with Gasteiger partial charge in [0, 0.05) is 11.4 Å². The Labute approximate surface area is 229 Å². The maximum atomic E-state index is 13.6. The summed E-state index contributed by atoms with van der Waals surface area (Å²) in [7, 11) is 0. The maximum absolute atomic E-state index is 13.6. The molecule has 0 bridgehead atoms. The highest BCUT2D eigenvalue weighted by Crippen LogP contribution is 2.38. The van der Waals surface area contributed by atoms with Crippen molar-refractivity contribution in [1.29, 1.82) is 0 Å². The summed E-state index contributed by atoms with van der Waals surface area (Å²) in [6.07, 6.45) is 7.34. The molecule has 5 rings (SSSR count). The summed E-state index contributed by atoms with van der Waals surface area (Å²) in [6, 6.07) is 17.8. The summed E-state index contributed by atoms with van der Waals surface area (Å²) in [5.74, 6) is 1.93. The Morgan fingerprint density at radius 3 is 2.58 bits per heavy atom. The van der Waals surface area contributed by atoms with Crippen molar-refractivity contribution in [3.63, 3.8) is 0 Å². The Kier molecular flexibility index (Phi) is 8.68. The van der Waals surface area contributed by atoms with E-state index in [1.54, 1.807) is 11.8 Å². The molecule has 0 amide bonds. The first-order chi connectivity index (χ1) is 18.6. The number of hydrogen-bond acceptors (Lipinski definition) is 7. The SMILES string of the molecule is CCCCOc1ccc(C2C(C(=O)OC3CCCCC3)=C(C)Nc3nc(SCc4ccccc4)nn32)cc1. The second-order valence-electron chi connectivity index (χ2n) is 9.94. The number of allylic oxidation sites excluding steroid dienone is 1. The highest BCUT2D eigenvalue weighted by Gasteiger charge is 2.36. The molecule has 2 heterocycles. The lowest BCUT2D eigenvalue weighted by molar-refractivity contribution is -0.146. The van der Waals surface area contributed by atoms with Crippen LogP contribution in [0.15, 0.2) is 71.0 Å². The molecule has 2 aliphatic rings. The molecule has 1 unspecified atom stereocenters. The molecule has 1 N–H and O–H groups in total. The number of ether oxygens (including phenoxy) is 2. The fourth-order valence-electron chi connectivity index (χ4n) is 4.97. The number of esters is 1. The van der Waals surface area contributed by atoms with Gasteiger partial charge >= 0.3 is 5.97 Å². The Hall–Kier alpha value is -3.26. The van der Waals surface area contributed by atoms with Crippen molar-refractivity contribution in [2.45, 2.75) is 81.8 Å². The summed E-state index contributed by atoms with van der Waals surface area (Å²) in [4.78, 5) is 18.4. The number of nitrogens with zero attached hydrogens (tertiary/aromatic N) is 3. The number of carbonyl (C=O) groups excluding carboxylic acids is 1. The van der Waals surface area contributed by atoms with Crippen LogP contribution < -0.4 is 10.1 Å². The van der Waals surface area contributed by atoms with Crippen LogP contribution in [0.4, 0.5) is 5.95 Å². The molecule has 2 aromatic carbocycles. The number of rotatable bonds is 10. The molecule has 8 heteroatoms. The quantitative estimate of drug-likeness (QED) is 0.173. The lowest BCUT2D eigenvalue weighted by Crippen LogP contribution is -2.32. The van der Waals surface area contributed by atoms with E-state index in [2.05, 4.69) is 24.4 Å². The molecule has 0 saturated heterocycles. The molecule has 1 aliphatic carbocycles. The number of unbranched alkanes of at least 4 members (excludes halogenated alkanes) is 1. The minimum atomic E-state index is -0.439. The van der Waals surface area contributed by atoms with Gasteiger partial charge in [-0.3, -0.25) is 0 Å². The number of hydrogen-bond donors (Lipinski definition) is 1. The number of thioether (sulfide) groups is 1. The largest absolute Gasteiger partial charge is 0.494 e. The number of carbonyl (C=O) groups is 1. The normalized spacial score (nSPS) is 17.6. The first-order valence-electron chi connectivity index (χ1n) is 13.7.